The Morgan fingerprint density at radius 3 is 2.42 bits per heavy atom. The summed E-state index contributed by atoms with van der Waals surface area (Å²) in [5, 5.41) is 6.97. The molecule has 0 aliphatic rings. The average Bonchev–Trinajstić information content (AvgIpc) is 2.50. The summed E-state index contributed by atoms with van der Waals surface area (Å²) in [6.07, 6.45) is 0. The molecule has 0 fully saturated rings. The molecule has 4 nitrogen and oxygen atoms in total. The minimum Gasteiger partial charge on any atom is -0.482 e. The summed E-state index contributed by atoms with van der Waals surface area (Å²) in [5.74, 6) is -0.0989. The van der Waals surface area contributed by atoms with Crippen LogP contribution < -0.4 is 15.4 Å². The lowest BCUT2D eigenvalue weighted by atomic mass is 10.3. The number of carbonyl (C=O) groups excluding carboxylic acids is 1. The Labute approximate surface area is 164 Å². The van der Waals surface area contributed by atoms with E-state index in [1.54, 1.807) is 30.3 Å². The van der Waals surface area contributed by atoms with E-state index < -0.39 is 5.91 Å². The third-order valence-corrected chi connectivity index (χ3v) is 4.16. The topological polar surface area (TPSA) is 50.4 Å². The molecular weight excluding hydrogens is 414 g/mol. The van der Waals surface area contributed by atoms with E-state index >= 15 is 0 Å². The van der Waals surface area contributed by atoms with Crippen molar-refractivity contribution < 1.29 is 9.53 Å². The lowest BCUT2D eigenvalue weighted by molar-refractivity contribution is -0.121. The number of rotatable bonds is 4. The molecule has 0 bridgehead atoms. The van der Waals surface area contributed by atoms with Gasteiger partial charge >= 0.3 is 0 Å². The van der Waals surface area contributed by atoms with Crippen LogP contribution in [0.1, 0.15) is 0 Å². The zero-order chi connectivity index (χ0) is 17.7. The van der Waals surface area contributed by atoms with E-state index in [2.05, 4.69) is 10.6 Å². The first-order valence-electron chi connectivity index (χ1n) is 6.49. The molecule has 0 saturated carbocycles. The molecule has 2 aromatic carbocycles. The molecule has 0 unspecified atom stereocenters. The number of thiocarbonyl (C=S) groups is 1. The molecule has 0 aliphatic heterocycles. The summed E-state index contributed by atoms with van der Waals surface area (Å²) in [4.78, 5) is 11.8. The maximum absolute atomic E-state index is 11.8. The molecule has 0 heterocycles. The van der Waals surface area contributed by atoms with E-state index in [9.17, 15) is 4.79 Å². The summed E-state index contributed by atoms with van der Waals surface area (Å²) < 4.78 is 5.31. The molecule has 0 aliphatic carbocycles. The molecule has 2 N–H and O–H groups in total. The molecule has 0 saturated heterocycles. The first-order valence-corrected chi connectivity index (χ1v) is 8.41. The van der Waals surface area contributed by atoms with Gasteiger partial charge in [-0.25, -0.2) is 0 Å². The minimum atomic E-state index is -0.446. The van der Waals surface area contributed by atoms with Gasteiger partial charge in [0.1, 0.15) is 5.75 Å². The van der Waals surface area contributed by atoms with Crippen molar-refractivity contribution in [2.75, 3.05) is 11.9 Å². The van der Waals surface area contributed by atoms with Gasteiger partial charge in [0.15, 0.2) is 11.7 Å². The highest BCUT2D eigenvalue weighted by molar-refractivity contribution is 7.80. The number of amides is 1. The maximum atomic E-state index is 11.8. The highest BCUT2D eigenvalue weighted by atomic mass is 35.5. The van der Waals surface area contributed by atoms with E-state index in [-0.39, 0.29) is 11.7 Å². The van der Waals surface area contributed by atoms with Gasteiger partial charge in [0.2, 0.25) is 0 Å². The van der Waals surface area contributed by atoms with Crippen LogP contribution >= 0.6 is 58.6 Å². The Balaban J connectivity index is 1.85. The van der Waals surface area contributed by atoms with Crippen LogP contribution in [0.5, 0.6) is 5.75 Å². The summed E-state index contributed by atoms with van der Waals surface area (Å²) >= 11 is 28.5. The highest BCUT2D eigenvalue weighted by Gasteiger charge is 2.09. The van der Waals surface area contributed by atoms with Gasteiger partial charge in [-0.1, -0.05) is 46.4 Å². The highest BCUT2D eigenvalue weighted by Crippen LogP contribution is 2.27. The molecule has 0 radical (unpaired) electrons. The van der Waals surface area contributed by atoms with E-state index in [4.69, 9.17) is 63.4 Å². The van der Waals surface area contributed by atoms with Gasteiger partial charge < -0.3 is 10.1 Å². The Hall–Kier alpha value is -1.24. The zero-order valence-corrected chi connectivity index (χ0v) is 15.7. The van der Waals surface area contributed by atoms with E-state index in [1.165, 1.54) is 6.07 Å². The van der Waals surface area contributed by atoms with Crippen molar-refractivity contribution in [2.45, 2.75) is 0 Å². The predicted molar refractivity (Wildman–Crippen MR) is 103 cm³/mol. The molecule has 2 aromatic rings. The maximum Gasteiger partial charge on any atom is 0.264 e. The molecule has 1 amide bonds. The number of nitrogens with one attached hydrogen (secondary N) is 2. The standard InChI is InChI=1S/C15H10Cl4N2O2S/c16-8-1-4-13(12(19)5-8)23-7-14(22)21-15(24)20-9-2-3-10(17)11(18)6-9/h1-6H,7H2,(H2,20,21,22,24). The quantitative estimate of drug-likeness (QED) is 0.664. The summed E-state index contributed by atoms with van der Waals surface area (Å²) in [6.45, 7) is -0.259. The lowest BCUT2D eigenvalue weighted by Gasteiger charge is -2.11. The number of hydrogen-bond acceptors (Lipinski definition) is 3. The Morgan fingerprint density at radius 1 is 1.00 bits per heavy atom. The van der Waals surface area contributed by atoms with Gasteiger partial charge in [0.05, 0.1) is 15.1 Å². The van der Waals surface area contributed by atoms with Crippen LogP contribution in [0.2, 0.25) is 20.1 Å². The van der Waals surface area contributed by atoms with Crippen LogP contribution in [0, 0.1) is 0 Å². The van der Waals surface area contributed by atoms with Crippen molar-refractivity contribution >= 4 is 75.3 Å². The third kappa shape index (κ3) is 5.69. The van der Waals surface area contributed by atoms with Gasteiger partial charge in [0.25, 0.3) is 5.91 Å². The first kappa shape index (κ1) is 19.1. The van der Waals surface area contributed by atoms with Crippen molar-refractivity contribution in [1.29, 1.82) is 0 Å². The van der Waals surface area contributed by atoms with Crippen LogP contribution in [-0.4, -0.2) is 17.6 Å². The number of hydrogen-bond donors (Lipinski definition) is 2. The van der Waals surface area contributed by atoms with Gasteiger partial charge in [-0.15, -0.1) is 0 Å². The predicted octanol–water partition coefficient (Wildman–Crippen LogP) is 5.19. The largest absolute Gasteiger partial charge is 0.482 e. The van der Waals surface area contributed by atoms with Gasteiger partial charge in [0, 0.05) is 10.7 Å². The van der Waals surface area contributed by atoms with Gasteiger partial charge in [-0.2, -0.15) is 0 Å². The Bertz CT molecular complexity index is 786. The fourth-order valence-corrected chi connectivity index (χ4v) is 2.63. The van der Waals surface area contributed by atoms with Crippen LogP contribution in [0.15, 0.2) is 36.4 Å². The van der Waals surface area contributed by atoms with E-state index in [1.807, 2.05) is 0 Å². The SMILES string of the molecule is O=C(COc1ccc(Cl)cc1Cl)NC(=S)Nc1ccc(Cl)c(Cl)c1. The fourth-order valence-electron chi connectivity index (χ4n) is 1.63. The lowest BCUT2D eigenvalue weighted by Crippen LogP contribution is -2.37. The normalized spacial score (nSPS) is 10.2. The third-order valence-electron chi connectivity index (χ3n) is 2.68. The summed E-state index contributed by atoms with van der Waals surface area (Å²) in [6, 6.07) is 9.58. The Kier molecular flexibility index (Phi) is 6.95. The van der Waals surface area contributed by atoms with Crippen LogP contribution in [0.3, 0.4) is 0 Å². The second kappa shape index (κ2) is 8.74. The molecule has 0 atom stereocenters. The van der Waals surface area contributed by atoms with E-state index in [0.717, 1.165) is 0 Å². The molecule has 0 spiro atoms. The monoisotopic (exact) mass is 422 g/mol. The number of ether oxygens (including phenoxy) is 1. The van der Waals surface area contributed by atoms with E-state index in [0.29, 0.717) is 31.5 Å². The number of benzene rings is 2. The molecule has 9 heteroatoms. The van der Waals surface area contributed by atoms with Crippen LogP contribution in [-0.2, 0) is 4.79 Å². The molecule has 24 heavy (non-hydrogen) atoms. The van der Waals surface area contributed by atoms with Crippen LogP contribution in [0.25, 0.3) is 0 Å². The number of halogens is 4. The molecule has 2 rings (SSSR count). The average molecular weight is 424 g/mol. The second-order valence-corrected chi connectivity index (χ2v) is 6.56. The number of anilines is 1. The van der Waals surface area contributed by atoms with Crippen molar-refractivity contribution in [3.05, 3.63) is 56.5 Å². The molecular formula is C15H10Cl4N2O2S. The van der Waals surface area contributed by atoms with Crippen molar-refractivity contribution in [3.63, 3.8) is 0 Å². The van der Waals surface area contributed by atoms with Crippen molar-refractivity contribution in [1.82, 2.24) is 5.32 Å². The van der Waals surface area contributed by atoms with Gasteiger partial charge in [-0.05, 0) is 48.6 Å². The zero-order valence-electron chi connectivity index (χ0n) is 11.9. The van der Waals surface area contributed by atoms with Crippen molar-refractivity contribution in [3.8, 4) is 5.75 Å². The fraction of sp³-hybridized carbons (Fsp3) is 0.0667. The van der Waals surface area contributed by atoms with Gasteiger partial charge in [-0.3, -0.25) is 10.1 Å². The minimum absolute atomic E-state index is 0.101. The first-order chi connectivity index (χ1) is 11.3. The molecule has 0 aromatic heterocycles. The van der Waals surface area contributed by atoms with Crippen molar-refractivity contribution in [2.24, 2.45) is 0 Å². The molecule has 126 valence electrons. The smallest absolute Gasteiger partial charge is 0.264 e. The summed E-state index contributed by atoms with van der Waals surface area (Å²) in [7, 11) is 0. The summed E-state index contributed by atoms with van der Waals surface area (Å²) in [5.41, 5.74) is 0.594. The Morgan fingerprint density at radius 2 is 1.75 bits per heavy atom. The second-order valence-electron chi connectivity index (χ2n) is 4.49. The van der Waals surface area contributed by atoms with Crippen LogP contribution in [0.4, 0.5) is 5.69 Å². The number of carbonyl (C=O) groups is 1.